The maximum atomic E-state index is 9.55. The summed E-state index contributed by atoms with van der Waals surface area (Å²) in [6, 6.07) is 16.8. The molecule has 2 aromatic rings. The van der Waals surface area contributed by atoms with Gasteiger partial charge < -0.3 is 24.6 Å². The molecule has 1 unspecified atom stereocenters. The molecule has 1 aliphatic carbocycles. The van der Waals surface area contributed by atoms with Crippen LogP contribution in [0.1, 0.15) is 35.1 Å². The number of fused-ring (bicyclic) bond motifs is 4. The van der Waals surface area contributed by atoms with Gasteiger partial charge >= 0.3 is 11.9 Å². The lowest BCUT2D eigenvalue weighted by atomic mass is 9.93. The Bertz CT molecular complexity index is 1000. The van der Waals surface area contributed by atoms with E-state index in [9.17, 15) is 9.59 Å². The topological polar surface area (TPSA) is 96.3 Å². The standard InChI is InChI=1S/C22H23NO2.C4H4O4/c1-3-9-20-17(7-1)11-12-18-8-2-4-10-21(18)22(20)24-16-19(25-22)15-23-13-5-6-14-23;5-3(6)1-2-4(7)8/h1-4,7-12,19H,5-6,13-16H2;1-2H,(H,5,6)(H,7,8)/b;2-1-. The Morgan fingerprint density at radius 1 is 0.909 bits per heavy atom. The molecule has 1 atom stereocenters. The fourth-order valence-corrected chi connectivity index (χ4v) is 4.49. The van der Waals surface area contributed by atoms with Crippen molar-refractivity contribution in [2.75, 3.05) is 26.2 Å². The van der Waals surface area contributed by atoms with Gasteiger partial charge in [0.15, 0.2) is 0 Å². The molecule has 0 aromatic heterocycles. The van der Waals surface area contributed by atoms with Crippen molar-refractivity contribution >= 4 is 24.1 Å². The van der Waals surface area contributed by atoms with Gasteiger partial charge in [-0.3, -0.25) is 0 Å². The SMILES string of the molecule is C1=Cc2ccccc2C2(OCC(CN3CCCC3)O2)c2ccccc21.O=C(O)/C=C\C(=O)O. The molecular weight excluding hydrogens is 422 g/mol. The number of aliphatic carboxylic acids is 2. The lowest BCUT2D eigenvalue weighted by Crippen LogP contribution is -2.35. The quantitative estimate of drug-likeness (QED) is 0.689. The molecule has 2 aliphatic heterocycles. The Kier molecular flexibility index (Phi) is 7.03. The zero-order chi connectivity index (χ0) is 23.3. The molecule has 33 heavy (non-hydrogen) atoms. The number of hydrogen-bond donors (Lipinski definition) is 2. The summed E-state index contributed by atoms with van der Waals surface area (Å²) >= 11 is 0. The van der Waals surface area contributed by atoms with Crippen molar-refractivity contribution < 1.29 is 29.3 Å². The highest BCUT2D eigenvalue weighted by Gasteiger charge is 2.47. The molecule has 2 heterocycles. The van der Waals surface area contributed by atoms with Crippen molar-refractivity contribution in [3.8, 4) is 0 Å². The van der Waals surface area contributed by atoms with Gasteiger partial charge in [-0.15, -0.1) is 0 Å². The zero-order valence-corrected chi connectivity index (χ0v) is 18.2. The molecule has 7 heteroatoms. The second-order valence-electron chi connectivity index (χ2n) is 8.19. The number of likely N-dealkylation sites (tertiary alicyclic amines) is 1. The van der Waals surface area contributed by atoms with Gasteiger partial charge in [-0.2, -0.15) is 0 Å². The number of carboxylic acids is 2. The summed E-state index contributed by atoms with van der Waals surface area (Å²) in [5, 5.41) is 15.6. The van der Waals surface area contributed by atoms with Crippen molar-refractivity contribution in [2.24, 2.45) is 0 Å². The Hall–Kier alpha value is -3.26. The first-order valence-corrected chi connectivity index (χ1v) is 11.0. The van der Waals surface area contributed by atoms with E-state index in [0.717, 1.165) is 17.7 Å². The van der Waals surface area contributed by atoms with Gasteiger partial charge in [-0.05, 0) is 37.1 Å². The summed E-state index contributed by atoms with van der Waals surface area (Å²) in [6.45, 7) is 3.96. The van der Waals surface area contributed by atoms with E-state index in [1.807, 2.05) is 0 Å². The summed E-state index contributed by atoms with van der Waals surface area (Å²) in [5.74, 6) is -3.30. The van der Waals surface area contributed by atoms with Gasteiger partial charge in [0.1, 0.15) is 0 Å². The number of carboxylic acid groups (broad SMARTS) is 2. The molecule has 3 aliphatic rings. The van der Waals surface area contributed by atoms with Crippen LogP contribution < -0.4 is 0 Å². The highest BCUT2D eigenvalue weighted by molar-refractivity contribution is 5.89. The number of benzene rings is 2. The van der Waals surface area contributed by atoms with E-state index < -0.39 is 17.7 Å². The lowest BCUT2D eigenvalue weighted by Gasteiger charge is -2.31. The molecule has 172 valence electrons. The first kappa shape index (κ1) is 22.9. The van der Waals surface area contributed by atoms with E-state index in [4.69, 9.17) is 19.7 Å². The smallest absolute Gasteiger partial charge is 0.328 e. The average molecular weight is 450 g/mol. The highest BCUT2D eigenvalue weighted by atomic mass is 16.7. The maximum absolute atomic E-state index is 9.55. The maximum Gasteiger partial charge on any atom is 0.328 e. The molecule has 1 spiro atoms. The van der Waals surface area contributed by atoms with E-state index in [-0.39, 0.29) is 6.10 Å². The number of nitrogens with zero attached hydrogens (tertiary/aromatic N) is 1. The van der Waals surface area contributed by atoms with Gasteiger partial charge in [0.05, 0.1) is 12.7 Å². The number of rotatable bonds is 4. The van der Waals surface area contributed by atoms with E-state index in [2.05, 4.69) is 65.6 Å². The molecular formula is C26H27NO6. The molecule has 0 saturated carbocycles. The van der Waals surface area contributed by atoms with Crippen LogP contribution in [0.2, 0.25) is 0 Å². The van der Waals surface area contributed by atoms with Crippen LogP contribution in [0.3, 0.4) is 0 Å². The van der Waals surface area contributed by atoms with Gasteiger partial charge in [0.2, 0.25) is 5.79 Å². The summed E-state index contributed by atoms with van der Waals surface area (Å²) in [5.41, 5.74) is 4.56. The summed E-state index contributed by atoms with van der Waals surface area (Å²) in [4.78, 5) is 21.6. The second-order valence-corrected chi connectivity index (χ2v) is 8.19. The van der Waals surface area contributed by atoms with Crippen molar-refractivity contribution in [2.45, 2.75) is 24.7 Å². The third-order valence-corrected chi connectivity index (χ3v) is 5.91. The Labute approximate surface area is 192 Å². The summed E-state index contributed by atoms with van der Waals surface area (Å²) in [7, 11) is 0. The number of carbonyl (C=O) groups is 2. The Morgan fingerprint density at radius 2 is 1.42 bits per heavy atom. The van der Waals surface area contributed by atoms with Crippen molar-refractivity contribution in [1.29, 1.82) is 0 Å². The number of hydrogen-bond acceptors (Lipinski definition) is 5. The molecule has 7 nitrogen and oxygen atoms in total. The average Bonchev–Trinajstić information content (AvgIpc) is 3.45. The molecule has 0 bridgehead atoms. The Balaban J connectivity index is 0.000000281. The predicted octanol–water partition coefficient (Wildman–Crippen LogP) is 3.59. The summed E-state index contributed by atoms with van der Waals surface area (Å²) in [6.07, 6.45) is 8.16. The molecule has 5 rings (SSSR count). The molecule has 2 saturated heterocycles. The fourth-order valence-electron chi connectivity index (χ4n) is 4.49. The van der Waals surface area contributed by atoms with Gasteiger partial charge in [-0.25, -0.2) is 9.59 Å². The van der Waals surface area contributed by atoms with Gasteiger partial charge in [-0.1, -0.05) is 60.7 Å². The van der Waals surface area contributed by atoms with Crippen LogP contribution in [-0.2, 0) is 24.8 Å². The molecule has 0 radical (unpaired) electrons. The number of ether oxygens (including phenoxy) is 2. The first-order valence-electron chi connectivity index (χ1n) is 11.0. The minimum Gasteiger partial charge on any atom is -0.478 e. The van der Waals surface area contributed by atoms with Crippen molar-refractivity contribution in [3.05, 3.63) is 82.9 Å². The second kappa shape index (κ2) is 10.1. The van der Waals surface area contributed by atoms with Crippen LogP contribution in [0.15, 0.2) is 60.7 Å². The van der Waals surface area contributed by atoms with Gasteiger partial charge in [0.25, 0.3) is 0 Å². The van der Waals surface area contributed by atoms with Gasteiger partial charge in [0, 0.05) is 29.8 Å². The molecule has 2 aromatic carbocycles. The van der Waals surface area contributed by atoms with Crippen LogP contribution >= 0.6 is 0 Å². The van der Waals surface area contributed by atoms with Crippen LogP contribution in [0, 0.1) is 0 Å². The minimum atomic E-state index is -1.26. The normalized spacial score (nSPS) is 20.7. The van der Waals surface area contributed by atoms with E-state index in [1.54, 1.807) is 0 Å². The lowest BCUT2D eigenvalue weighted by molar-refractivity contribution is -0.144. The largest absolute Gasteiger partial charge is 0.478 e. The Morgan fingerprint density at radius 3 is 1.94 bits per heavy atom. The fraction of sp³-hybridized carbons (Fsp3) is 0.308. The van der Waals surface area contributed by atoms with E-state index >= 15 is 0 Å². The third kappa shape index (κ3) is 5.22. The molecule has 0 amide bonds. The minimum absolute atomic E-state index is 0.109. The highest BCUT2D eigenvalue weighted by Crippen LogP contribution is 2.45. The van der Waals surface area contributed by atoms with Crippen LogP contribution in [0.4, 0.5) is 0 Å². The summed E-state index contributed by atoms with van der Waals surface area (Å²) < 4.78 is 13.1. The van der Waals surface area contributed by atoms with Crippen molar-refractivity contribution in [3.63, 3.8) is 0 Å². The van der Waals surface area contributed by atoms with Crippen LogP contribution in [0.5, 0.6) is 0 Å². The van der Waals surface area contributed by atoms with Crippen LogP contribution in [-0.4, -0.2) is 59.4 Å². The molecule has 2 fully saturated rings. The zero-order valence-electron chi connectivity index (χ0n) is 18.2. The monoisotopic (exact) mass is 449 g/mol. The first-order chi connectivity index (χ1) is 16.0. The molecule has 2 N–H and O–H groups in total. The van der Waals surface area contributed by atoms with Crippen molar-refractivity contribution in [1.82, 2.24) is 4.90 Å². The predicted molar refractivity (Wildman–Crippen MR) is 124 cm³/mol. The van der Waals surface area contributed by atoms with Crippen LogP contribution in [0.25, 0.3) is 12.2 Å². The van der Waals surface area contributed by atoms with E-state index in [1.165, 1.54) is 37.1 Å². The third-order valence-electron chi connectivity index (χ3n) is 5.91. The van der Waals surface area contributed by atoms with E-state index in [0.29, 0.717) is 18.8 Å².